The minimum atomic E-state index is -0.328. The van der Waals surface area contributed by atoms with Crippen LogP contribution < -0.4 is 9.80 Å². The Morgan fingerprint density at radius 3 is 1.21 bits per heavy atom. The number of Topliss-reactive ketones (excluding diaryl/α,β-unsaturated/α-hetero) is 1. The van der Waals surface area contributed by atoms with E-state index in [0.29, 0.717) is 37.3 Å². The molecule has 2 unspecified atom stereocenters. The van der Waals surface area contributed by atoms with Crippen molar-refractivity contribution < 1.29 is 4.79 Å². The fraction of sp³-hybridized carbons (Fsp3) is 0.164. The number of carbonyl (C=O) groups is 1. The summed E-state index contributed by atoms with van der Waals surface area (Å²) in [6.07, 6.45) is 5.51. The predicted octanol–water partition coefficient (Wildman–Crippen LogP) is 11.8. The molecular formula is C61H52N6O. The smallest absolute Gasteiger partial charge is 0.198 e. The zero-order valence-electron chi connectivity index (χ0n) is 38.0. The monoisotopic (exact) mass is 884 g/mol. The van der Waals surface area contributed by atoms with E-state index in [9.17, 15) is 0 Å². The summed E-state index contributed by atoms with van der Waals surface area (Å²) in [6, 6.07) is 68.1. The number of rotatable bonds is 10. The van der Waals surface area contributed by atoms with E-state index in [0.717, 1.165) is 71.2 Å². The predicted molar refractivity (Wildman–Crippen MR) is 272 cm³/mol. The molecule has 2 atom stereocenters. The van der Waals surface area contributed by atoms with Crippen LogP contribution in [-0.2, 0) is 43.8 Å². The van der Waals surface area contributed by atoms with Crippen LogP contribution in [0.2, 0.25) is 0 Å². The average Bonchev–Trinajstić information content (AvgIpc) is 3.41. The SMILES string of the molecule is O=C(C1=C(N2CCc3ccccc3C2)C(c2ccccc2)N(Cc2ccccc2)c2ncccc21)C1=C(N2CCc3ccccc3C2)C(c2ccccc2)N(Cc2ccccc2)c2ncccc21. The molecule has 0 amide bonds. The summed E-state index contributed by atoms with van der Waals surface area (Å²) in [5, 5.41) is 0. The number of aromatic nitrogens is 2. The topological polar surface area (TPSA) is 55.8 Å². The molecule has 0 saturated heterocycles. The quantitative estimate of drug-likeness (QED) is 0.136. The van der Waals surface area contributed by atoms with Gasteiger partial charge in [0.05, 0.1) is 34.6 Å². The Morgan fingerprint density at radius 1 is 0.426 bits per heavy atom. The number of carbonyl (C=O) groups excluding carboxylic acids is 1. The summed E-state index contributed by atoms with van der Waals surface area (Å²) in [6.45, 7) is 4.13. The van der Waals surface area contributed by atoms with Crippen LogP contribution in [0.4, 0.5) is 11.6 Å². The maximum atomic E-state index is 17.3. The number of hydrogen-bond donors (Lipinski definition) is 0. The molecule has 8 aromatic rings. The number of benzene rings is 6. The highest BCUT2D eigenvalue weighted by molar-refractivity contribution is 6.44. The first-order chi connectivity index (χ1) is 33.7. The van der Waals surface area contributed by atoms with E-state index in [1.54, 1.807) is 0 Å². The Labute approximate surface area is 399 Å². The molecule has 0 spiro atoms. The molecule has 332 valence electrons. The standard InChI is InChI=1S/C61H52N6O/c68-59(53-51-31-17-35-62-60(51)66(39-43-19-5-1-6-20-43)55(47-25-9-3-10-26-47)57(53)64-37-33-45-23-13-15-29-49(45)41-64)54-52-32-18-36-63-61(52)67(40-44-21-7-2-8-22-44)56(48-27-11-4-12-28-48)58(54)65-38-34-46-24-14-16-30-50(46)42-65/h1-32,35-36,55-56H,33-34,37-42H2. The van der Waals surface area contributed by atoms with Gasteiger partial charge in [0.1, 0.15) is 11.6 Å². The van der Waals surface area contributed by atoms with Crippen molar-refractivity contribution >= 4 is 28.6 Å². The fourth-order valence-corrected chi connectivity index (χ4v) is 11.2. The fourth-order valence-electron chi connectivity index (χ4n) is 11.2. The molecule has 68 heavy (non-hydrogen) atoms. The van der Waals surface area contributed by atoms with Gasteiger partial charge in [-0.05, 0) is 81.6 Å². The first kappa shape index (κ1) is 41.4. The number of hydrogen-bond acceptors (Lipinski definition) is 7. The van der Waals surface area contributed by atoms with Gasteiger partial charge in [-0.25, -0.2) is 9.97 Å². The summed E-state index contributed by atoms with van der Waals surface area (Å²) in [5.41, 5.74) is 15.0. The van der Waals surface area contributed by atoms with Crippen molar-refractivity contribution in [2.24, 2.45) is 0 Å². The Hall–Kier alpha value is -8.03. The molecule has 4 aliphatic rings. The molecule has 0 saturated carbocycles. The van der Waals surface area contributed by atoms with E-state index in [2.05, 4.69) is 202 Å². The molecule has 6 heterocycles. The van der Waals surface area contributed by atoms with E-state index in [-0.39, 0.29) is 17.9 Å². The van der Waals surface area contributed by atoms with Crippen LogP contribution in [0.3, 0.4) is 0 Å². The lowest BCUT2D eigenvalue weighted by atomic mass is 9.79. The van der Waals surface area contributed by atoms with Crippen molar-refractivity contribution in [2.75, 3.05) is 22.9 Å². The van der Waals surface area contributed by atoms with Gasteiger partial charge in [0.25, 0.3) is 0 Å². The Morgan fingerprint density at radius 2 is 0.794 bits per heavy atom. The average molecular weight is 885 g/mol. The number of anilines is 2. The normalized spacial score (nSPS) is 17.6. The summed E-state index contributed by atoms with van der Waals surface area (Å²) < 4.78 is 0. The van der Waals surface area contributed by atoms with Crippen molar-refractivity contribution in [2.45, 2.75) is 51.1 Å². The molecule has 2 aromatic heterocycles. The van der Waals surface area contributed by atoms with Crippen LogP contribution in [0.15, 0.2) is 218 Å². The molecule has 0 bridgehead atoms. The van der Waals surface area contributed by atoms with Crippen LogP contribution >= 0.6 is 0 Å². The number of pyridine rings is 2. The lowest BCUT2D eigenvalue weighted by Gasteiger charge is -2.47. The molecular weight excluding hydrogens is 833 g/mol. The molecule has 0 fully saturated rings. The van der Waals surface area contributed by atoms with Crippen LogP contribution in [0.25, 0.3) is 11.1 Å². The second-order valence-electron chi connectivity index (χ2n) is 18.3. The molecule has 12 rings (SSSR count). The first-order valence-electron chi connectivity index (χ1n) is 24.0. The van der Waals surface area contributed by atoms with Gasteiger partial charge in [-0.3, -0.25) is 4.79 Å². The summed E-state index contributed by atoms with van der Waals surface area (Å²) >= 11 is 0. The van der Waals surface area contributed by atoms with Gasteiger partial charge in [-0.2, -0.15) is 0 Å². The molecule has 0 N–H and O–H groups in total. The van der Waals surface area contributed by atoms with Gasteiger partial charge < -0.3 is 19.6 Å². The molecule has 7 heteroatoms. The maximum absolute atomic E-state index is 17.3. The lowest BCUT2D eigenvalue weighted by molar-refractivity contribution is -0.109. The number of fused-ring (bicyclic) bond motifs is 4. The van der Waals surface area contributed by atoms with Crippen molar-refractivity contribution in [3.8, 4) is 0 Å². The highest BCUT2D eigenvalue weighted by Crippen LogP contribution is 2.53. The zero-order chi connectivity index (χ0) is 45.4. The first-order valence-corrected chi connectivity index (χ1v) is 24.0. The maximum Gasteiger partial charge on any atom is 0.198 e. The van der Waals surface area contributed by atoms with E-state index in [4.69, 9.17) is 9.97 Å². The number of nitrogens with zero attached hydrogens (tertiary/aromatic N) is 6. The molecule has 4 aliphatic heterocycles. The minimum absolute atomic E-state index is 0.00296. The summed E-state index contributed by atoms with van der Waals surface area (Å²) in [7, 11) is 0. The molecule has 0 radical (unpaired) electrons. The van der Waals surface area contributed by atoms with Gasteiger partial charge >= 0.3 is 0 Å². The third-order valence-corrected chi connectivity index (χ3v) is 14.3. The molecule has 0 aliphatic carbocycles. The highest BCUT2D eigenvalue weighted by atomic mass is 16.1. The van der Waals surface area contributed by atoms with E-state index < -0.39 is 0 Å². The minimum Gasteiger partial charge on any atom is -0.368 e. The van der Waals surface area contributed by atoms with Gasteiger partial charge in [0.2, 0.25) is 0 Å². The third-order valence-electron chi connectivity index (χ3n) is 14.3. The van der Waals surface area contributed by atoms with Crippen molar-refractivity contribution in [3.05, 3.63) is 274 Å². The van der Waals surface area contributed by atoms with Gasteiger partial charge in [0, 0.05) is 62.8 Å². The molecule has 6 aromatic carbocycles. The van der Waals surface area contributed by atoms with Gasteiger partial charge in [-0.1, -0.05) is 170 Å². The lowest BCUT2D eigenvalue weighted by Crippen LogP contribution is -2.45. The summed E-state index contributed by atoms with van der Waals surface area (Å²) in [5.74, 6) is 1.60. The van der Waals surface area contributed by atoms with Crippen molar-refractivity contribution in [1.82, 2.24) is 19.8 Å². The number of ketones is 1. The van der Waals surface area contributed by atoms with E-state index >= 15 is 4.79 Å². The van der Waals surface area contributed by atoms with Crippen LogP contribution in [0.5, 0.6) is 0 Å². The van der Waals surface area contributed by atoms with Crippen molar-refractivity contribution in [3.63, 3.8) is 0 Å². The van der Waals surface area contributed by atoms with Crippen LogP contribution in [0, 0.1) is 0 Å². The van der Waals surface area contributed by atoms with Gasteiger partial charge in [-0.15, -0.1) is 0 Å². The van der Waals surface area contributed by atoms with Crippen molar-refractivity contribution in [1.29, 1.82) is 0 Å². The Bertz CT molecular complexity index is 2970. The second-order valence-corrected chi connectivity index (χ2v) is 18.3. The Balaban J connectivity index is 1.16. The number of allylic oxidation sites excluding steroid dienone is 2. The largest absolute Gasteiger partial charge is 0.368 e. The zero-order valence-corrected chi connectivity index (χ0v) is 38.0. The van der Waals surface area contributed by atoms with E-state index in [1.807, 2.05) is 24.5 Å². The second kappa shape index (κ2) is 18.0. The van der Waals surface area contributed by atoms with Gasteiger partial charge in [0.15, 0.2) is 5.78 Å². The van der Waals surface area contributed by atoms with Crippen LogP contribution in [0.1, 0.15) is 67.7 Å². The van der Waals surface area contributed by atoms with E-state index in [1.165, 1.54) is 33.4 Å². The third kappa shape index (κ3) is 7.54. The molecule has 7 nitrogen and oxygen atoms in total. The van der Waals surface area contributed by atoms with Crippen LogP contribution in [-0.4, -0.2) is 38.6 Å². The Kier molecular flexibility index (Phi) is 11.0. The highest BCUT2D eigenvalue weighted by Gasteiger charge is 2.46. The summed E-state index contributed by atoms with van der Waals surface area (Å²) in [4.78, 5) is 37.7.